The quantitative estimate of drug-likeness (QED) is 0.938. The van der Waals surface area contributed by atoms with E-state index in [-0.39, 0.29) is 0 Å². The number of nitrogens with zero attached hydrogens (tertiary/aromatic N) is 1. The van der Waals surface area contributed by atoms with E-state index in [0.717, 1.165) is 18.8 Å². The summed E-state index contributed by atoms with van der Waals surface area (Å²) in [7, 11) is -3.52. The van der Waals surface area contributed by atoms with Gasteiger partial charge in [-0.05, 0) is 23.6 Å². The second kappa shape index (κ2) is 6.05. The molecule has 0 spiro atoms. The van der Waals surface area contributed by atoms with Gasteiger partial charge in [-0.15, -0.1) is 11.3 Å². The van der Waals surface area contributed by atoms with Crippen LogP contribution in [0.15, 0.2) is 46.0 Å². The Hall–Kier alpha value is -1.57. The molecule has 1 aromatic carbocycles. The van der Waals surface area contributed by atoms with Gasteiger partial charge in [-0.1, -0.05) is 18.2 Å². The molecule has 112 valence electrons. The normalized spacial score (nSPS) is 15.9. The number of rotatable bonds is 4. The largest absolute Gasteiger partial charge is 0.378 e. The molecule has 0 amide bonds. The number of sulfonamides is 1. The average molecular weight is 324 g/mol. The molecule has 1 N–H and O–H groups in total. The molecular formula is C14H16N2O3S2. The van der Waals surface area contributed by atoms with Crippen LogP contribution in [0.2, 0.25) is 0 Å². The van der Waals surface area contributed by atoms with Crippen molar-refractivity contribution in [2.24, 2.45) is 0 Å². The highest BCUT2D eigenvalue weighted by Crippen LogP contribution is 2.29. The highest BCUT2D eigenvalue weighted by atomic mass is 32.2. The molecule has 0 aliphatic carbocycles. The topological polar surface area (TPSA) is 58.6 Å². The summed E-state index contributed by atoms with van der Waals surface area (Å²) in [6, 6.07) is 10.8. The van der Waals surface area contributed by atoms with Gasteiger partial charge in [-0.25, -0.2) is 8.42 Å². The third-order valence-corrected chi connectivity index (χ3v) is 6.02. The first-order valence-electron chi connectivity index (χ1n) is 6.65. The van der Waals surface area contributed by atoms with Gasteiger partial charge in [0.1, 0.15) is 4.21 Å². The van der Waals surface area contributed by atoms with E-state index in [2.05, 4.69) is 9.62 Å². The predicted octanol–water partition coefficient (Wildman–Crippen LogP) is 2.39. The van der Waals surface area contributed by atoms with E-state index in [9.17, 15) is 8.42 Å². The van der Waals surface area contributed by atoms with Crippen molar-refractivity contribution >= 4 is 32.7 Å². The second-order valence-corrected chi connectivity index (χ2v) is 7.51. The summed E-state index contributed by atoms with van der Waals surface area (Å²) in [5.41, 5.74) is 1.49. The molecule has 1 aliphatic rings. The molecule has 0 radical (unpaired) electrons. The van der Waals surface area contributed by atoms with Gasteiger partial charge in [-0.2, -0.15) is 0 Å². The van der Waals surface area contributed by atoms with Crippen molar-refractivity contribution in [1.82, 2.24) is 0 Å². The summed E-state index contributed by atoms with van der Waals surface area (Å²) in [5.74, 6) is 0. The molecule has 2 heterocycles. The number of benzene rings is 1. The zero-order chi connectivity index (χ0) is 14.7. The molecule has 0 saturated carbocycles. The number of ether oxygens (including phenoxy) is 1. The Bertz CT molecular complexity index is 693. The monoisotopic (exact) mass is 324 g/mol. The number of para-hydroxylation sites is 2. The molecule has 1 aromatic heterocycles. The van der Waals surface area contributed by atoms with Crippen molar-refractivity contribution < 1.29 is 13.2 Å². The second-order valence-electron chi connectivity index (χ2n) is 4.65. The van der Waals surface area contributed by atoms with Crippen LogP contribution in [-0.2, 0) is 14.8 Å². The molecule has 5 nitrogen and oxygen atoms in total. The molecule has 3 rings (SSSR count). The van der Waals surface area contributed by atoms with Crippen LogP contribution < -0.4 is 9.62 Å². The summed E-state index contributed by atoms with van der Waals surface area (Å²) < 4.78 is 33.1. The molecular weight excluding hydrogens is 308 g/mol. The van der Waals surface area contributed by atoms with Crippen molar-refractivity contribution in [3.63, 3.8) is 0 Å². The Morgan fingerprint density at radius 2 is 1.86 bits per heavy atom. The fourth-order valence-corrected chi connectivity index (χ4v) is 4.32. The van der Waals surface area contributed by atoms with Crippen LogP contribution >= 0.6 is 11.3 Å². The van der Waals surface area contributed by atoms with Crippen LogP contribution in [0.5, 0.6) is 0 Å². The molecule has 0 unspecified atom stereocenters. The number of anilines is 2. The summed E-state index contributed by atoms with van der Waals surface area (Å²) in [5, 5.41) is 1.75. The number of nitrogens with one attached hydrogen (secondary N) is 1. The lowest BCUT2D eigenvalue weighted by atomic mass is 10.2. The third-order valence-electron chi connectivity index (χ3n) is 3.26. The lowest BCUT2D eigenvalue weighted by molar-refractivity contribution is 0.123. The first kappa shape index (κ1) is 14.4. The average Bonchev–Trinajstić information content (AvgIpc) is 3.03. The fourth-order valence-electron chi connectivity index (χ4n) is 2.25. The summed E-state index contributed by atoms with van der Waals surface area (Å²) in [6.07, 6.45) is 0. The van der Waals surface area contributed by atoms with E-state index in [1.807, 2.05) is 18.2 Å². The maximum atomic E-state index is 12.4. The van der Waals surface area contributed by atoms with Crippen LogP contribution in [0.25, 0.3) is 0 Å². The minimum Gasteiger partial charge on any atom is -0.378 e. The number of morpholine rings is 1. The molecule has 1 fully saturated rings. The summed E-state index contributed by atoms with van der Waals surface area (Å²) in [4.78, 5) is 2.13. The maximum Gasteiger partial charge on any atom is 0.271 e. The lowest BCUT2D eigenvalue weighted by Crippen LogP contribution is -2.36. The summed E-state index contributed by atoms with van der Waals surface area (Å²) in [6.45, 7) is 2.84. The Morgan fingerprint density at radius 3 is 2.57 bits per heavy atom. The SMILES string of the molecule is O=S(=O)(Nc1ccccc1N1CCOCC1)c1cccs1. The highest BCUT2D eigenvalue weighted by molar-refractivity contribution is 7.94. The van der Waals surface area contributed by atoms with Crippen molar-refractivity contribution in [2.75, 3.05) is 35.9 Å². The third kappa shape index (κ3) is 3.20. The van der Waals surface area contributed by atoms with Gasteiger partial charge in [0.2, 0.25) is 0 Å². The summed E-state index contributed by atoms with van der Waals surface area (Å²) >= 11 is 1.21. The smallest absolute Gasteiger partial charge is 0.271 e. The van der Waals surface area contributed by atoms with E-state index in [1.54, 1.807) is 23.6 Å². The Balaban J connectivity index is 1.89. The van der Waals surface area contributed by atoms with E-state index in [0.29, 0.717) is 23.1 Å². The molecule has 1 aliphatic heterocycles. The Morgan fingerprint density at radius 1 is 1.10 bits per heavy atom. The van der Waals surface area contributed by atoms with E-state index in [4.69, 9.17) is 4.74 Å². The van der Waals surface area contributed by atoms with Gasteiger partial charge in [0, 0.05) is 13.1 Å². The molecule has 7 heteroatoms. The molecule has 1 saturated heterocycles. The van der Waals surface area contributed by atoms with Gasteiger partial charge < -0.3 is 9.64 Å². The predicted molar refractivity (Wildman–Crippen MR) is 84.6 cm³/mol. The van der Waals surface area contributed by atoms with Crippen LogP contribution in [0, 0.1) is 0 Å². The molecule has 21 heavy (non-hydrogen) atoms. The zero-order valence-electron chi connectivity index (χ0n) is 11.4. The van der Waals surface area contributed by atoms with Crippen molar-refractivity contribution in [3.8, 4) is 0 Å². The first-order chi connectivity index (χ1) is 10.2. The minimum absolute atomic E-state index is 0.319. The lowest BCUT2D eigenvalue weighted by Gasteiger charge is -2.30. The van der Waals surface area contributed by atoms with Gasteiger partial charge in [0.15, 0.2) is 0 Å². The van der Waals surface area contributed by atoms with Crippen molar-refractivity contribution in [2.45, 2.75) is 4.21 Å². The van der Waals surface area contributed by atoms with E-state index >= 15 is 0 Å². The number of hydrogen-bond acceptors (Lipinski definition) is 5. The van der Waals surface area contributed by atoms with Crippen molar-refractivity contribution in [3.05, 3.63) is 41.8 Å². The molecule has 0 bridgehead atoms. The van der Waals surface area contributed by atoms with E-state index in [1.165, 1.54) is 11.3 Å². The van der Waals surface area contributed by atoms with Crippen LogP contribution in [0.3, 0.4) is 0 Å². The van der Waals surface area contributed by atoms with Gasteiger partial charge in [-0.3, -0.25) is 4.72 Å². The minimum atomic E-state index is -3.52. The van der Waals surface area contributed by atoms with E-state index < -0.39 is 10.0 Å². The fraction of sp³-hybridized carbons (Fsp3) is 0.286. The zero-order valence-corrected chi connectivity index (χ0v) is 13.0. The van der Waals surface area contributed by atoms with Crippen molar-refractivity contribution in [1.29, 1.82) is 0 Å². The highest BCUT2D eigenvalue weighted by Gasteiger charge is 2.20. The first-order valence-corrected chi connectivity index (χ1v) is 9.01. The van der Waals surface area contributed by atoms with Crippen LogP contribution in [0.4, 0.5) is 11.4 Å². The Kier molecular flexibility index (Phi) is 4.14. The number of hydrogen-bond donors (Lipinski definition) is 1. The van der Waals surface area contributed by atoms with Crippen LogP contribution in [-0.4, -0.2) is 34.7 Å². The maximum absolute atomic E-state index is 12.4. The molecule has 2 aromatic rings. The van der Waals surface area contributed by atoms with Gasteiger partial charge in [0.05, 0.1) is 24.6 Å². The molecule has 0 atom stereocenters. The standard InChI is InChI=1S/C14H16N2O3S2/c17-21(18,14-6-3-11-20-14)15-12-4-1-2-5-13(12)16-7-9-19-10-8-16/h1-6,11,15H,7-10H2. The van der Waals surface area contributed by atoms with Crippen LogP contribution in [0.1, 0.15) is 0 Å². The number of thiophene rings is 1. The Labute approximate surface area is 128 Å². The van der Waals surface area contributed by atoms with Gasteiger partial charge >= 0.3 is 0 Å². The van der Waals surface area contributed by atoms with Gasteiger partial charge in [0.25, 0.3) is 10.0 Å².